The zero-order chi connectivity index (χ0) is 105. The summed E-state index contributed by atoms with van der Waals surface area (Å²) < 4.78 is 11.8. The summed E-state index contributed by atoms with van der Waals surface area (Å²) in [5.74, 6) is -14.7. The fraction of sp³-hybridized carbons (Fsp3) is 0.402. The van der Waals surface area contributed by atoms with E-state index in [2.05, 4.69) is 63.8 Å². The number of aliphatic carboxylic acids is 2. The number of carbonyl (C=O) groups is 19. The summed E-state index contributed by atoms with van der Waals surface area (Å²) >= 11 is 6.12. The quantitative estimate of drug-likeness (QED) is 0.0177. The van der Waals surface area contributed by atoms with Crippen molar-refractivity contribution in [3.8, 4) is 23.0 Å². The van der Waals surface area contributed by atoms with Crippen LogP contribution in [0.25, 0.3) is 0 Å². The lowest BCUT2D eigenvalue weighted by molar-refractivity contribution is -0.385. The predicted octanol–water partition coefficient (Wildman–Crippen LogP) is 0.231. The van der Waals surface area contributed by atoms with Gasteiger partial charge >= 0.3 is 11.9 Å². The lowest BCUT2D eigenvalue weighted by Gasteiger charge is -2.26. The van der Waals surface area contributed by atoms with Crippen molar-refractivity contribution in [2.24, 2.45) is 34.4 Å². The summed E-state index contributed by atoms with van der Waals surface area (Å²) in [5, 5.41) is 99.8. The Morgan fingerprint density at radius 1 is 0.445 bits per heavy atom. The number of phenolic OH excluding ortho intramolecular Hbond substituents is 2. The second-order valence-electron chi connectivity index (χ2n) is 31.9. The number of nitro groups is 2. The van der Waals surface area contributed by atoms with Gasteiger partial charge in [0.2, 0.25) is 76.8 Å². The number of ether oxygens (including phenoxy) is 2. The van der Waals surface area contributed by atoms with Crippen LogP contribution < -0.4 is 108 Å². The van der Waals surface area contributed by atoms with Gasteiger partial charge in [0, 0.05) is 96.9 Å². The molecule has 6 aromatic rings. The molecule has 0 spiro atoms. The lowest BCUT2D eigenvalue weighted by Crippen LogP contribution is -2.57. The molecule has 0 bridgehead atoms. The number of nitrogens with one attached hydrogen (secondary N) is 12. The number of non-ortho nitro benzene ring substituents is 2. The first kappa shape index (κ1) is 125. The summed E-state index contributed by atoms with van der Waals surface area (Å²) in [7, 11) is 0. The highest BCUT2D eigenvalue weighted by Gasteiger charge is 2.39. The van der Waals surface area contributed by atoms with Crippen molar-refractivity contribution in [3.05, 3.63) is 193 Å². The van der Waals surface area contributed by atoms with Crippen LogP contribution in [0.3, 0.4) is 0 Å². The number of hydrogen-bond acceptors (Lipinski definition) is 31. The van der Waals surface area contributed by atoms with E-state index in [1.807, 2.05) is 0 Å². The monoisotopic (exact) mass is 2300 g/mol. The Morgan fingerprint density at radius 2 is 0.795 bits per heavy atom. The Labute approximate surface area is 872 Å². The minimum Gasteiger partial charge on any atom is -0.508 e. The molecule has 0 fully saturated rings. The number of nitrogens with two attached hydrogens (primary N) is 6. The molecule has 0 saturated heterocycles. The maximum absolute atomic E-state index is 13.5. The van der Waals surface area contributed by atoms with Crippen molar-refractivity contribution in [2.45, 2.75) is 198 Å². The van der Waals surface area contributed by atoms with E-state index in [-0.39, 0.29) is 140 Å². The zero-order valence-electron chi connectivity index (χ0n) is 75.5. The molecule has 794 valence electrons. The Bertz CT molecular complexity index is 5720. The molecule has 54 heteroatoms. The van der Waals surface area contributed by atoms with Crippen LogP contribution in [-0.4, -0.2) is 258 Å². The van der Waals surface area contributed by atoms with Crippen molar-refractivity contribution >= 4 is 192 Å². The van der Waals surface area contributed by atoms with E-state index in [9.17, 15) is 127 Å². The largest absolute Gasteiger partial charge is 0.508 e. The molecule has 10 rings (SSSR count). The van der Waals surface area contributed by atoms with Crippen LogP contribution in [0.2, 0.25) is 0 Å². The summed E-state index contributed by atoms with van der Waals surface area (Å²) in [6.07, 6.45) is -2.60. The van der Waals surface area contributed by atoms with Gasteiger partial charge in [0.15, 0.2) is 0 Å². The molecule has 0 aromatic heterocycles. The highest BCUT2D eigenvalue weighted by molar-refractivity contribution is 14.1. The minimum atomic E-state index is -1.59. The number of nitrogens with zero attached hydrogens (tertiary/aromatic N) is 2. The van der Waals surface area contributed by atoms with Crippen LogP contribution in [0.4, 0.5) is 11.4 Å². The van der Waals surface area contributed by atoms with E-state index in [1.54, 1.807) is 118 Å². The molecule has 4 heterocycles. The predicted molar refractivity (Wildman–Crippen MR) is 548 cm³/mol. The summed E-state index contributed by atoms with van der Waals surface area (Å²) in [6, 6.07) is 16.3. The van der Waals surface area contributed by atoms with Gasteiger partial charge in [-0.25, -0.2) is 0 Å². The smallest absolute Gasteiger partial charge is 0.303 e. The number of carboxylic acid groups (broad SMARTS) is 2. The van der Waals surface area contributed by atoms with Gasteiger partial charge in [-0.2, -0.15) is 23.5 Å². The highest BCUT2D eigenvalue weighted by atomic mass is 127. The first-order chi connectivity index (χ1) is 67.2. The molecule has 0 radical (unpaired) electrons. The molecule has 0 saturated carbocycles. The van der Waals surface area contributed by atoms with E-state index < -0.39 is 233 Å². The number of nitro benzene ring substituents is 2. The van der Waals surface area contributed by atoms with Crippen molar-refractivity contribution < 1.29 is 136 Å². The van der Waals surface area contributed by atoms with Crippen molar-refractivity contribution in [1.29, 1.82) is 0 Å². The van der Waals surface area contributed by atoms with Crippen molar-refractivity contribution in [3.63, 3.8) is 0 Å². The molecule has 0 aliphatic carbocycles. The third-order valence-corrected chi connectivity index (χ3v) is 24.9. The van der Waals surface area contributed by atoms with E-state index in [0.717, 1.165) is 18.2 Å². The Hall–Kier alpha value is -14.7. The molecule has 4 aliphatic heterocycles. The third-order valence-electron chi connectivity index (χ3n) is 21.2. The van der Waals surface area contributed by atoms with E-state index in [1.165, 1.54) is 60.8 Å². The lowest BCUT2D eigenvalue weighted by atomic mass is 10.0. The molecule has 4 aliphatic rings. The number of aliphatic hydroxyl groups excluding tert-OH is 1. The molecule has 6 aromatic carbocycles. The van der Waals surface area contributed by atoms with Crippen LogP contribution >= 0.6 is 68.7 Å². The number of carboxylic acids is 2. The zero-order valence-corrected chi connectivity index (χ0v) is 81.4. The summed E-state index contributed by atoms with van der Waals surface area (Å²) in [6.45, 7) is 0.847. The second-order valence-corrected chi connectivity index (χ2v) is 36.3. The molecule has 50 nitrogen and oxygen atoms in total. The van der Waals surface area contributed by atoms with E-state index >= 15 is 0 Å². The Balaban J connectivity index is 0.000000500. The Kier molecular flexibility index (Phi) is 52.8. The third kappa shape index (κ3) is 39.8. The number of aromatic hydroxyl groups is 2. The average molecular weight is 2300 g/mol. The van der Waals surface area contributed by atoms with Crippen LogP contribution in [0.15, 0.2) is 121 Å². The van der Waals surface area contributed by atoms with Gasteiger partial charge in [-0.1, -0.05) is 90.4 Å². The topological polar surface area (TPSA) is 831 Å². The number of amides is 17. The number of aliphatic hydroxyl groups is 1. The van der Waals surface area contributed by atoms with Gasteiger partial charge in [0.25, 0.3) is 35.0 Å². The first-order valence-corrected chi connectivity index (χ1v) is 47.7. The molecular formula is C92H120I2N20O30S2. The number of carbonyl (C=O) groups excluding carboxylic acids is 17. The van der Waals surface area contributed by atoms with Gasteiger partial charge in [-0.15, -0.1) is 0 Å². The molecule has 5 unspecified atom stereocenters. The number of unbranched alkanes of at least 4 members (excludes halogenated alkanes) is 1. The molecule has 17 amide bonds. The number of hydrogen-bond donors (Lipinski definition) is 23. The average Bonchev–Trinajstić information content (AvgIpc) is 0.801. The van der Waals surface area contributed by atoms with Gasteiger partial charge in [0.1, 0.15) is 89.5 Å². The van der Waals surface area contributed by atoms with Crippen molar-refractivity contribution in [2.75, 3.05) is 37.8 Å². The molecule has 146 heavy (non-hydrogen) atoms. The van der Waals surface area contributed by atoms with Crippen LogP contribution in [0.1, 0.15) is 165 Å². The number of halogens is 2. The first-order valence-electron chi connectivity index (χ1n) is 43.2. The molecule has 29 N–H and O–H groups in total. The van der Waals surface area contributed by atoms with E-state index in [0.29, 0.717) is 64.3 Å². The summed E-state index contributed by atoms with van der Waals surface area (Å²) in [5.41, 5.74) is 34.3. The van der Waals surface area contributed by atoms with E-state index in [4.69, 9.17) is 54.1 Å². The van der Waals surface area contributed by atoms with Crippen LogP contribution in [0.5, 0.6) is 23.0 Å². The minimum absolute atomic E-state index is 0. The van der Waals surface area contributed by atoms with Gasteiger partial charge < -0.3 is 133 Å². The Morgan fingerprint density at radius 3 is 1.16 bits per heavy atom. The second kappa shape index (κ2) is 61.5. The van der Waals surface area contributed by atoms with Gasteiger partial charge in [-0.05, 0) is 149 Å². The molecular weight excluding hydrogens is 2180 g/mol. The number of phenols is 2. The van der Waals surface area contributed by atoms with Crippen LogP contribution in [0, 0.1) is 27.4 Å². The number of thioether (sulfide) groups is 2. The fourth-order valence-corrected chi connectivity index (χ4v) is 17.4. The standard InChI is InChI=1S/C26H31IN6O8.C25H28N4O7S.C20H23IN6O10.C17H22N4O5S.4CH4/c27-18-13-15(33(39)40)12-17-22(18)41-10-8-19(23(29)35)30-26(38)21(11-14-4-6-16(34)7-5-14)32-25(37)20(31-24(17)36)3-1-2-9-28;26-22(33)20-13-37-12-15-3-1-2-4-17(15)23(34)27-18(9-10-21(31)32)24(35)28-19(25(36)29-20)11-14-5-7-16(30)8-6-14;21-10-6-8(27(35)36)5-9-16(10)37-4-3-11(17(23)31)24-20(34)13(7-14(22)28)26-19(33)12(25-18(9)32)1-2-15(29)30;1-9(22)14-17(26)19-6-13(23)20-12(15(18)24)8-27-7-10-4-2-3-5-11(10)16(25)21-14;;;;/h4-7,12-13,19-21,34H,1-3,8-11,28H2,(H2,29,35)(H,30,38)(H,31,36)(H,32,37);1-8,18-20,30H,9-13H2,(H2,26,33)(H,27,34)(H,28,35)(H,29,36)(H,31,32);5-6,11-13H,1-4,7H2,(H2,22,28)(H2,23,31)(H,24,34)(H,25,32)(H,26,33)(H,29,30);2-5,9,12,14,22H,6-8H2,1H3,(H2,18,24)(H,19,26)(H,20,23)(H,21,25);4*1H4/t19-,20?,21-;18?,19?,20-;11-,12?,13-;9-,12-,14?;;;;/m0000..../s1. The maximum Gasteiger partial charge on any atom is 0.303 e. The number of benzene rings is 6. The molecule has 12 atom stereocenters. The van der Waals surface area contributed by atoms with Gasteiger partial charge in [-0.3, -0.25) is 111 Å². The van der Waals surface area contributed by atoms with Gasteiger partial charge in [0.05, 0.1) is 60.4 Å². The highest BCUT2D eigenvalue weighted by Crippen LogP contribution is 2.34. The number of fused-ring (bicyclic) bond motifs is 4. The summed E-state index contributed by atoms with van der Waals surface area (Å²) in [4.78, 5) is 258. The van der Waals surface area contributed by atoms with Crippen LogP contribution in [-0.2, 0) is 96.3 Å². The fourth-order valence-electron chi connectivity index (χ4n) is 13.7. The normalized spacial score (nSPS) is 20.4. The van der Waals surface area contributed by atoms with Crippen molar-refractivity contribution in [1.82, 2.24) is 63.8 Å². The number of rotatable bonds is 23. The maximum atomic E-state index is 13.5. The SMILES string of the molecule is C.C.C.C.C[C@H](O)C1NC(=O)c2ccccc2CSC[C@@H](C(N)=O)NC(=O)CNC1=O.NC(=O)C[C@@H]1NC(=O)C(CCC(=O)O)NC(=O)c2cc([N+](=O)[O-])cc(I)c2OCC[C@@H](C(N)=O)NC1=O.NC(=O)[C@@H]1CSCc2ccccc2C(=O)NC(CCC(=O)O)C(=O)NC(Cc2ccc(O)cc2)C(=O)N1.NCCCCC1NC(=O)c2cc([N+](=O)[O-])cc(I)c2OCC[C@@H](C(N)=O)NC(=O)[C@H](Cc2ccc(O)cc2)NC1=O. The number of primary amides is 5.